The average molecular weight is 505 g/mol. The van der Waals surface area contributed by atoms with Gasteiger partial charge in [0.15, 0.2) is 0 Å². The number of carbonyl (C=O) groups is 2. The zero-order valence-electron chi connectivity index (χ0n) is 23.0. The number of benzene rings is 1. The van der Waals surface area contributed by atoms with Gasteiger partial charge in [-0.3, -0.25) is 0 Å². The molecule has 1 heterocycles. The molecule has 2 rings (SSSR count). The van der Waals surface area contributed by atoms with Gasteiger partial charge in [-0.1, -0.05) is 43.2 Å². The second-order valence-electron chi connectivity index (χ2n) is 11.5. The highest BCUT2D eigenvalue weighted by atomic mass is 16.7. The molecule has 1 fully saturated rings. The third-order valence-corrected chi connectivity index (χ3v) is 6.70. The number of carbonyl (C=O) groups excluding carboxylic acids is 2. The molecule has 0 aromatic heterocycles. The summed E-state index contributed by atoms with van der Waals surface area (Å²) in [4.78, 5) is 26.2. The molecule has 1 unspecified atom stereocenters. The summed E-state index contributed by atoms with van der Waals surface area (Å²) in [6.45, 7) is 13.4. The van der Waals surface area contributed by atoms with Crippen LogP contribution in [0.2, 0.25) is 6.32 Å². The van der Waals surface area contributed by atoms with Crippen LogP contribution in [-0.4, -0.2) is 53.2 Å². The van der Waals surface area contributed by atoms with Crippen LogP contribution >= 0.6 is 0 Å². The molecular weight excluding hydrogens is 461 g/mol. The number of aliphatic hydroxyl groups excluding tert-OH is 1. The van der Waals surface area contributed by atoms with Crippen LogP contribution in [0, 0.1) is 0 Å². The molecule has 1 saturated heterocycles. The fraction of sp³-hybridized carbons (Fsp3) is 0.704. The number of rotatable bonds is 12. The first-order chi connectivity index (χ1) is 16.7. The lowest BCUT2D eigenvalue weighted by molar-refractivity contribution is -0.164. The maximum Gasteiger partial charge on any atom is 0.457 e. The van der Waals surface area contributed by atoms with E-state index in [4.69, 9.17) is 18.8 Å². The van der Waals surface area contributed by atoms with Gasteiger partial charge in [0, 0.05) is 6.61 Å². The summed E-state index contributed by atoms with van der Waals surface area (Å²) in [6, 6.07) is 9.33. The van der Waals surface area contributed by atoms with Crippen LogP contribution in [0.15, 0.2) is 30.3 Å². The van der Waals surface area contributed by atoms with Crippen LogP contribution in [0.5, 0.6) is 0 Å². The monoisotopic (exact) mass is 505 g/mol. The fourth-order valence-electron chi connectivity index (χ4n) is 4.04. The van der Waals surface area contributed by atoms with Crippen molar-refractivity contribution in [3.63, 3.8) is 0 Å². The molecule has 8 nitrogen and oxygen atoms in total. The molecule has 0 bridgehead atoms. The third-order valence-electron chi connectivity index (χ3n) is 6.70. The number of amides is 1. The predicted octanol–water partition coefficient (Wildman–Crippen LogP) is 5.03. The van der Waals surface area contributed by atoms with Crippen LogP contribution in [0.4, 0.5) is 4.79 Å². The standard InChI is InChI=1S/C27H44BNO7/c1-24(2,3)34-22(31)27(17-13-19-30,29-23(32)33-20-21-14-9-8-10-15-21)16-11-12-18-28-35-25(4,5)26(6,7)36-28/h8-10,14-15,30H,11-13,16-20H2,1-7H3,(H,29,32). The fourth-order valence-corrected chi connectivity index (χ4v) is 4.04. The van der Waals surface area contributed by atoms with Crippen molar-refractivity contribution < 1.29 is 33.5 Å². The molecule has 36 heavy (non-hydrogen) atoms. The smallest absolute Gasteiger partial charge is 0.457 e. The zero-order chi connectivity index (χ0) is 27.0. The Hall–Kier alpha value is -2.10. The van der Waals surface area contributed by atoms with Gasteiger partial charge in [0.05, 0.1) is 11.2 Å². The Bertz CT molecular complexity index is 837. The van der Waals surface area contributed by atoms with Crippen molar-refractivity contribution in [3.8, 4) is 0 Å². The third kappa shape index (κ3) is 8.78. The Labute approximate surface area is 216 Å². The van der Waals surface area contributed by atoms with E-state index in [2.05, 4.69) is 5.32 Å². The van der Waals surface area contributed by atoms with Crippen molar-refractivity contribution in [2.75, 3.05) is 6.61 Å². The average Bonchev–Trinajstić information content (AvgIpc) is 2.99. The number of hydrogen-bond acceptors (Lipinski definition) is 7. The molecule has 0 spiro atoms. The Morgan fingerprint density at radius 3 is 2.11 bits per heavy atom. The van der Waals surface area contributed by atoms with Crippen molar-refractivity contribution in [3.05, 3.63) is 35.9 Å². The molecule has 1 atom stereocenters. The molecule has 9 heteroatoms. The van der Waals surface area contributed by atoms with Crippen LogP contribution in [0.3, 0.4) is 0 Å². The quantitative estimate of drug-likeness (QED) is 0.233. The number of ether oxygens (including phenoxy) is 2. The molecule has 2 N–H and O–H groups in total. The summed E-state index contributed by atoms with van der Waals surface area (Å²) in [7, 11) is -0.327. The largest absolute Gasteiger partial charge is 0.458 e. The van der Waals surface area contributed by atoms with E-state index in [0.717, 1.165) is 12.0 Å². The van der Waals surface area contributed by atoms with E-state index in [0.29, 0.717) is 25.6 Å². The first-order valence-electron chi connectivity index (χ1n) is 12.9. The minimum Gasteiger partial charge on any atom is -0.458 e. The number of hydrogen-bond donors (Lipinski definition) is 2. The Morgan fingerprint density at radius 2 is 1.56 bits per heavy atom. The Morgan fingerprint density at radius 1 is 0.972 bits per heavy atom. The predicted molar refractivity (Wildman–Crippen MR) is 139 cm³/mol. The molecule has 202 valence electrons. The lowest BCUT2D eigenvalue weighted by Crippen LogP contribution is -2.56. The molecule has 0 radical (unpaired) electrons. The lowest BCUT2D eigenvalue weighted by Gasteiger charge is -2.35. The van der Waals surface area contributed by atoms with E-state index in [-0.39, 0.29) is 26.8 Å². The minimum atomic E-state index is -1.32. The Kier molecular flexibility index (Phi) is 10.4. The van der Waals surface area contributed by atoms with Gasteiger partial charge in [0.2, 0.25) is 0 Å². The topological polar surface area (TPSA) is 103 Å². The van der Waals surface area contributed by atoms with Gasteiger partial charge in [-0.2, -0.15) is 0 Å². The highest BCUT2D eigenvalue weighted by molar-refractivity contribution is 6.45. The van der Waals surface area contributed by atoms with Crippen LogP contribution in [0.25, 0.3) is 0 Å². The lowest BCUT2D eigenvalue weighted by atomic mass is 9.80. The van der Waals surface area contributed by atoms with Gasteiger partial charge in [-0.05, 0) is 79.6 Å². The SMILES string of the molecule is CC(C)(C)OC(=O)C(CCCO)(CCCCB1OC(C)(C)C(C)(C)O1)NC(=O)OCc1ccccc1. The molecule has 1 amide bonds. The molecule has 0 aliphatic carbocycles. The highest BCUT2D eigenvalue weighted by Crippen LogP contribution is 2.38. The van der Waals surface area contributed by atoms with Gasteiger partial charge in [-0.25, -0.2) is 9.59 Å². The summed E-state index contributed by atoms with van der Waals surface area (Å²) in [5.41, 5.74) is -2.01. The molecule has 0 saturated carbocycles. The second kappa shape index (κ2) is 12.4. The highest BCUT2D eigenvalue weighted by Gasteiger charge is 2.50. The minimum absolute atomic E-state index is 0.0823. The van der Waals surface area contributed by atoms with E-state index in [9.17, 15) is 14.7 Å². The normalized spacial score (nSPS) is 18.4. The van der Waals surface area contributed by atoms with Gasteiger partial charge in [0.25, 0.3) is 0 Å². The molecule has 1 aliphatic heterocycles. The van der Waals surface area contributed by atoms with Crippen LogP contribution in [0.1, 0.15) is 86.1 Å². The van der Waals surface area contributed by atoms with E-state index < -0.39 is 34.4 Å². The van der Waals surface area contributed by atoms with Gasteiger partial charge in [-0.15, -0.1) is 0 Å². The van der Waals surface area contributed by atoms with Crippen molar-refractivity contribution in [2.24, 2.45) is 0 Å². The van der Waals surface area contributed by atoms with E-state index >= 15 is 0 Å². The second-order valence-corrected chi connectivity index (χ2v) is 11.5. The van der Waals surface area contributed by atoms with Crippen molar-refractivity contribution in [1.29, 1.82) is 0 Å². The van der Waals surface area contributed by atoms with Gasteiger partial charge >= 0.3 is 19.2 Å². The summed E-state index contributed by atoms with van der Waals surface area (Å²) in [5.74, 6) is -0.532. The van der Waals surface area contributed by atoms with E-state index in [1.807, 2.05) is 58.0 Å². The van der Waals surface area contributed by atoms with E-state index in [1.54, 1.807) is 20.8 Å². The first kappa shape index (κ1) is 30.1. The summed E-state index contributed by atoms with van der Waals surface area (Å²) in [6.07, 6.45) is 2.20. The van der Waals surface area contributed by atoms with Crippen molar-refractivity contribution in [1.82, 2.24) is 5.32 Å². The molecule has 1 aromatic rings. The van der Waals surface area contributed by atoms with Crippen LogP contribution < -0.4 is 5.32 Å². The zero-order valence-corrected chi connectivity index (χ0v) is 23.0. The number of nitrogens with one attached hydrogen (secondary N) is 1. The Balaban J connectivity index is 2.08. The van der Waals surface area contributed by atoms with Crippen LogP contribution in [-0.2, 0) is 30.2 Å². The van der Waals surface area contributed by atoms with Gasteiger partial charge < -0.3 is 29.2 Å². The first-order valence-corrected chi connectivity index (χ1v) is 12.9. The number of aliphatic hydroxyl groups is 1. The maximum absolute atomic E-state index is 13.4. The molecule has 1 aliphatic rings. The maximum atomic E-state index is 13.4. The molecule has 1 aromatic carbocycles. The van der Waals surface area contributed by atoms with Crippen molar-refractivity contribution >= 4 is 19.2 Å². The number of esters is 1. The van der Waals surface area contributed by atoms with Crippen molar-refractivity contribution in [2.45, 2.75) is 116 Å². The van der Waals surface area contributed by atoms with E-state index in [1.165, 1.54) is 0 Å². The summed E-state index contributed by atoms with van der Waals surface area (Å²) < 4.78 is 23.3. The number of unbranched alkanes of at least 4 members (excludes halogenated alkanes) is 1. The molecular formula is C27H44BNO7. The van der Waals surface area contributed by atoms with Gasteiger partial charge in [0.1, 0.15) is 17.7 Å². The number of alkyl carbamates (subject to hydrolysis) is 1. The summed E-state index contributed by atoms with van der Waals surface area (Å²) in [5, 5.41) is 12.3. The summed E-state index contributed by atoms with van der Waals surface area (Å²) >= 11 is 0.